The summed E-state index contributed by atoms with van der Waals surface area (Å²) in [4.78, 5) is 35.7. The Kier molecular flexibility index (Phi) is 12.8. The molecule has 0 radical (unpaired) electrons. The van der Waals surface area contributed by atoms with Crippen LogP contribution in [0.3, 0.4) is 0 Å². The lowest BCUT2D eigenvalue weighted by molar-refractivity contribution is -0.384. The van der Waals surface area contributed by atoms with Gasteiger partial charge in [0.25, 0.3) is 21.6 Å². The number of rotatable bonds is 12. The van der Waals surface area contributed by atoms with Crippen molar-refractivity contribution in [2.24, 2.45) is 11.3 Å². The number of nitro groups is 1. The van der Waals surface area contributed by atoms with Gasteiger partial charge in [0.2, 0.25) is 0 Å². The first-order valence-corrected chi connectivity index (χ1v) is 24.4. The van der Waals surface area contributed by atoms with Gasteiger partial charge in [-0.05, 0) is 116 Å². The van der Waals surface area contributed by atoms with Gasteiger partial charge in [0.15, 0.2) is 0 Å². The first-order chi connectivity index (χ1) is 31.3. The van der Waals surface area contributed by atoms with Crippen LogP contribution in [0.5, 0.6) is 5.75 Å². The van der Waals surface area contributed by atoms with Crippen molar-refractivity contribution in [3.63, 3.8) is 0 Å². The highest BCUT2D eigenvalue weighted by Gasteiger charge is 2.32. The van der Waals surface area contributed by atoms with Gasteiger partial charge in [-0.3, -0.25) is 19.8 Å². The van der Waals surface area contributed by atoms with Crippen molar-refractivity contribution >= 4 is 72.4 Å². The molecule has 5 aromatic rings. The minimum absolute atomic E-state index is 0.143. The van der Waals surface area contributed by atoms with Crippen LogP contribution in [0.25, 0.3) is 16.5 Å². The number of allylic oxidation sites excluding steroid dienone is 1. The quantitative estimate of drug-likeness (QED) is 0.0808. The lowest BCUT2D eigenvalue weighted by atomic mass is 9.72. The molecule has 1 aliphatic carbocycles. The molecule has 4 heterocycles. The Balaban J connectivity index is 0.986. The molecule has 14 nitrogen and oxygen atoms in total. The molecule has 2 saturated heterocycles. The highest BCUT2D eigenvalue weighted by atomic mass is 35.5. The number of nitro benzene ring substituents is 1. The van der Waals surface area contributed by atoms with Crippen LogP contribution in [0.2, 0.25) is 5.02 Å². The van der Waals surface area contributed by atoms with Crippen LogP contribution >= 0.6 is 11.6 Å². The molecular weight excluding hydrogens is 866 g/mol. The number of hydrogen-bond donors (Lipinski definition) is 3. The van der Waals surface area contributed by atoms with Crippen LogP contribution in [0, 0.1) is 21.4 Å². The lowest BCUT2D eigenvalue weighted by Crippen LogP contribution is -2.47. The van der Waals surface area contributed by atoms with E-state index < -0.39 is 26.5 Å². The third kappa shape index (κ3) is 9.98. The Morgan fingerprint density at radius 2 is 1.72 bits per heavy atom. The number of fused-ring (bicyclic) bond motifs is 2. The molecule has 0 bridgehead atoms. The van der Waals surface area contributed by atoms with E-state index >= 15 is 0 Å². The summed E-state index contributed by atoms with van der Waals surface area (Å²) < 4.78 is 41.8. The first kappa shape index (κ1) is 44.6. The predicted octanol–water partition coefficient (Wildman–Crippen LogP) is 9.39. The predicted molar refractivity (Wildman–Crippen MR) is 256 cm³/mol. The molecule has 1 amide bonds. The fraction of sp³-hybridized carbons (Fsp3) is 0.408. The molecule has 0 saturated carbocycles. The average molecular weight is 923 g/mol. The summed E-state index contributed by atoms with van der Waals surface area (Å²) in [6.07, 6.45) is 7.39. The fourth-order valence-electron chi connectivity index (χ4n) is 9.62. The molecule has 1 aromatic heterocycles. The molecule has 3 N–H and O–H groups in total. The zero-order valence-corrected chi connectivity index (χ0v) is 38.5. The van der Waals surface area contributed by atoms with Gasteiger partial charge in [-0.1, -0.05) is 43.2 Å². The zero-order valence-electron chi connectivity index (χ0n) is 36.9. The van der Waals surface area contributed by atoms with Gasteiger partial charge >= 0.3 is 0 Å². The second-order valence-corrected chi connectivity index (χ2v) is 20.6. The number of hydrogen-bond acceptors (Lipinski definition) is 11. The number of halogens is 1. The van der Waals surface area contributed by atoms with E-state index in [1.807, 2.05) is 53.6 Å². The summed E-state index contributed by atoms with van der Waals surface area (Å²) in [6, 6.07) is 23.4. The summed E-state index contributed by atoms with van der Waals surface area (Å²) in [6.45, 7) is 11.5. The van der Waals surface area contributed by atoms with E-state index in [9.17, 15) is 23.3 Å². The molecule has 0 unspecified atom stereocenters. The number of nitrogens with one attached hydrogen (secondary N) is 3. The molecule has 0 atom stereocenters. The van der Waals surface area contributed by atoms with Crippen molar-refractivity contribution in [2.75, 3.05) is 80.8 Å². The molecule has 9 rings (SSSR count). The van der Waals surface area contributed by atoms with Gasteiger partial charge in [-0.15, -0.1) is 0 Å². The molecule has 16 heteroatoms. The van der Waals surface area contributed by atoms with Crippen LogP contribution in [0.4, 0.5) is 28.4 Å². The minimum atomic E-state index is -4.55. The van der Waals surface area contributed by atoms with Crippen LogP contribution in [0.1, 0.15) is 68.3 Å². The van der Waals surface area contributed by atoms with Crippen molar-refractivity contribution in [1.82, 2.24) is 14.6 Å². The normalized spacial score (nSPS) is 18.5. The highest BCUT2D eigenvalue weighted by molar-refractivity contribution is 7.90. The Labute approximate surface area is 385 Å². The standard InChI is InChI=1S/C49H56ClN7O7S/c1-49(2)16-12-36(41(30-49)34-4-6-37(50)7-5-34)32-54-19-21-55(22-20-54)38-8-10-40(44(27-38)56-18-3-23-64-47-29-43-35(13-17-51-43)26-46(47)56)48(58)53-65(61,62)39-9-11-42(45(28-39)57(59)60)52-31-33-14-24-63-25-15-33/h4-11,13,17,26-29,33,51-52H,3,12,14-16,18-25,30-32H2,1-2H3,(H,53,58). The summed E-state index contributed by atoms with van der Waals surface area (Å²) in [7, 11) is -4.55. The summed E-state index contributed by atoms with van der Waals surface area (Å²) in [5.41, 5.74) is 7.44. The summed E-state index contributed by atoms with van der Waals surface area (Å²) >= 11 is 6.27. The third-order valence-electron chi connectivity index (χ3n) is 13.4. The lowest BCUT2D eigenvalue weighted by Gasteiger charge is -2.39. The van der Waals surface area contributed by atoms with Crippen LogP contribution in [0.15, 0.2) is 95.5 Å². The van der Waals surface area contributed by atoms with E-state index in [0.29, 0.717) is 50.8 Å². The van der Waals surface area contributed by atoms with Gasteiger partial charge in [0, 0.05) is 99.0 Å². The molecule has 2 fully saturated rings. The zero-order chi connectivity index (χ0) is 45.3. The van der Waals surface area contributed by atoms with E-state index in [2.05, 4.69) is 50.8 Å². The Hall–Kier alpha value is -5.61. The fourth-order valence-corrected chi connectivity index (χ4v) is 10.7. The van der Waals surface area contributed by atoms with E-state index in [0.717, 1.165) is 98.2 Å². The number of carbonyl (C=O) groups is 1. The van der Waals surface area contributed by atoms with Crippen molar-refractivity contribution in [1.29, 1.82) is 0 Å². The molecular formula is C49H56ClN7O7S. The summed E-state index contributed by atoms with van der Waals surface area (Å²) in [5.74, 6) is 0.0715. The number of ether oxygens (including phenoxy) is 2. The molecule has 3 aliphatic heterocycles. The minimum Gasteiger partial charge on any atom is -0.491 e. The first-order valence-electron chi connectivity index (χ1n) is 22.6. The van der Waals surface area contributed by atoms with Gasteiger partial charge in [-0.2, -0.15) is 0 Å². The molecule has 4 aliphatic rings. The monoisotopic (exact) mass is 921 g/mol. The number of amides is 1. The number of aromatic nitrogens is 1. The van der Waals surface area contributed by atoms with Gasteiger partial charge in [0.1, 0.15) is 11.4 Å². The number of piperazine rings is 1. The molecule has 65 heavy (non-hydrogen) atoms. The van der Waals surface area contributed by atoms with Crippen molar-refractivity contribution in [3.05, 3.63) is 117 Å². The van der Waals surface area contributed by atoms with E-state index in [1.165, 1.54) is 28.8 Å². The molecule has 0 spiro atoms. The average Bonchev–Trinajstić information content (AvgIpc) is 3.66. The van der Waals surface area contributed by atoms with E-state index in [1.54, 1.807) is 6.07 Å². The summed E-state index contributed by atoms with van der Waals surface area (Å²) in [5, 5.41) is 17.0. The largest absolute Gasteiger partial charge is 0.491 e. The number of benzene rings is 4. The van der Waals surface area contributed by atoms with Crippen molar-refractivity contribution in [2.45, 2.75) is 57.3 Å². The number of sulfonamides is 1. The maximum absolute atomic E-state index is 14.4. The maximum atomic E-state index is 14.4. The van der Waals surface area contributed by atoms with Crippen LogP contribution in [-0.4, -0.2) is 94.8 Å². The van der Waals surface area contributed by atoms with Gasteiger partial charge < -0.3 is 29.6 Å². The smallest absolute Gasteiger partial charge is 0.293 e. The topological polar surface area (TPSA) is 162 Å². The van der Waals surface area contributed by atoms with E-state index in [-0.39, 0.29) is 27.5 Å². The van der Waals surface area contributed by atoms with Gasteiger partial charge in [0.05, 0.1) is 33.4 Å². The number of nitrogens with zero attached hydrogens (tertiary/aromatic N) is 4. The maximum Gasteiger partial charge on any atom is 0.293 e. The second-order valence-electron chi connectivity index (χ2n) is 18.4. The third-order valence-corrected chi connectivity index (χ3v) is 15.0. The number of aromatic amines is 1. The van der Waals surface area contributed by atoms with Crippen molar-refractivity contribution < 1.29 is 27.6 Å². The second kappa shape index (κ2) is 18.7. The highest BCUT2D eigenvalue weighted by Crippen LogP contribution is 2.44. The number of H-pyrrole nitrogens is 1. The Morgan fingerprint density at radius 1 is 0.938 bits per heavy atom. The Bertz CT molecular complexity index is 2720. The molecule has 342 valence electrons. The number of anilines is 4. The molecule has 4 aromatic carbocycles. The van der Waals surface area contributed by atoms with E-state index in [4.69, 9.17) is 21.1 Å². The SMILES string of the molecule is CC1(C)CCC(CN2CCN(c3ccc(C(=O)NS(=O)(=O)c4ccc(NCC5CCOCC5)c([N+](=O)[O-])c4)c(N4CCCOc5cc6[nH]ccc6cc54)c3)CC2)=C(c2ccc(Cl)cc2)C1. The van der Waals surface area contributed by atoms with Gasteiger partial charge in [-0.25, -0.2) is 13.1 Å². The number of carbonyl (C=O) groups excluding carboxylic acids is 1. The Morgan fingerprint density at radius 3 is 2.49 bits per heavy atom. The van der Waals surface area contributed by atoms with Crippen LogP contribution in [-0.2, 0) is 14.8 Å². The van der Waals surface area contributed by atoms with Crippen LogP contribution < -0.4 is 24.6 Å². The van der Waals surface area contributed by atoms with Crippen molar-refractivity contribution in [3.8, 4) is 5.75 Å².